The number of ether oxygens (including phenoxy) is 1. The van der Waals surface area contributed by atoms with E-state index in [9.17, 15) is 9.90 Å². The molecule has 15 heavy (non-hydrogen) atoms. The van der Waals surface area contributed by atoms with E-state index in [1.54, 1.807) is 6.07 Å². The highest BCUT2D eigenvalue weighted by Gasteiger charge is 2.10. The molecule has 1 aromatic rings. The van der Waals surface area contributed by atoms with Gasteiger partial charge in [0.25, 0.3) is 0 Å². The van der Waals surface area contributed by atoms with Crippen LogP contribution in [0.2, 0.25) is 0 Å². The summed E-state index contributed by atoms with van der Waals surface area (Å²) >= 11 is 3.14. The molecule has 1 N–H and O–H groups in total. The number of hydrogen-bond donors (Lipinski definition) is 1. The molecule has 0 aliphatic heterocycles. The topological polar surface area (TPSA) is 70.3 Å². The van der Waals surface area contributed by atoms with E-state index in [2.05, 4.69) is 20.7 Å². The fraction of sp³-hybridized carbons (Fsp3) is 0.200. The molecule has 0 bridgehead atoms. The average molecular weight is 270 g/mol. The molecule has 0 heterocycles. The summed E-state index contributed by atoms with van der Waals surface area (Å²) in [4.78, 5) is 11.0. The number of nitrogens with zero attached hydrogens (tertiary/aromatic N) is 1. The molecule has 0 unspecified atom stereocenters. The first-order valence-electron chi connectivity index (χ1n) is 4.06. The van der Waals surface area contributed by atoms with Crippen LogP contribution in [0, 0.1) is 11.3 Å². The predicted octanol–water partition coefficient (Wildman–Crippen LogP) is 1.74. The molecule has 4 nitrogen and oxygen atoms in total. The van der Waals surface area contributed by atoms with Crippen molar-refractivity contribution in [3.05, 3.63) is 27.7 Å². The molecule has 0 aliphatic rings. The molecule has 0 radical (unpaired) electrons. The van der Waals surface area contributed by atoms with Crippen molar-refractivity contribution in [3.63, 3.8) is 0 Å². The van der Waals surface area contributed by atoms with Crippen LogP contribution in [0.15, 0.2) is 16.6 Å². The highest BCUT2D eigenvalue weighted by atomic mass is 79.9. The van der Waals surface area contributed by atoms with Crippen molar-refractivity contribution < 1.29 is 14.6 Å². The predicted molar refractivity (Wildman–Crippen MR) is 56.2 cm³/mol. The highest BCUT2D eigenvalue weighted by Crippen LogP contribution is 2.27. The summed E-state index contributed by atoms with van der Waals surface area (Å²) < 4.78 is 4.95. The first kappa shape index (κ1) is 11.5. The van der Waals surface area contributed by atoms with Gasteiger partial charge in [-0.2, -0.15) is 5.26 Å². The number of halogens is 1. The van der Waals surface area contributed by atoms with Gasteiger partial charge in [0, 0.05) is 4.47 Å². The lowest BCUT2D eigenvalue weighted by atomic mass is 10.1. The van der Waals surface area contributed by atoms with Gasteiger partial charge in [0.2, 0.25) is 0 Å². The van der Waals surface area contributed by atoms with Crippen molar-refractivity contribution >= 4 is 21.9 Å². The minimum absolute atomic E-state index is 0.0639. The van der Waals surface area contributed by atoms with Crippen molar-refractivity contribution in [2.75, 3.05) is 7.11 Å². The number of carbonyl (C=O) groups is 1. The van der Waals surface area contributed by atoms with Crippen LogP contribution in [0.4, 0.5) is 0 Å². The van der Waals surface area contributed by atoms with Gasteiger partial charge in [0.15, 0.2) is 0 Å². The summed E-state index contributed by atoms with van der Waals surface area (Å²) in [6, 6.07) is 4.83. The van der Waals surface area contributed by atoms with Crippen LogP contribution in [0.5, 0.6) is 5.75 Å². The fourth-order valence-corrected chi connectivity index (χ4v) is 1.68. The largest absolute Gasteiger partial charge is 0.507 e. The van der Waals surface area contributed by atoms with Crippen molar-refractivity contribution in [3.8, 4) is 11.8 Å². The van der Waals surface area contributed by atoms with Crippen LogP contribution >= 0.6 is 15.9 Å². The number of aromatic hydroxyl groups is 1. The highest BCUT2D eigenvalue weighted by molar-refractivity contribution is 9.10. The van der Waals surface area contributed by atoms with Gasteiger partial charge >= 0.3 is 5.97 Å². The Balaban J connectivity index is 3.05. The Kier molecular flexibility index (Phi) is 3.69. The number of benzene rings is 1. The minimum atomic E-state index is -0.397. The summed E-state index contributed by atoms with van der Waals surface area (Å²) in [7, 11) is 1.29. The van der Waals surface area contributed by atoms with E-state index < -0.39 is 5.97 Å². The molecule has 1 rings (SSSR count). The fourth-order valence-electron chi connectivity index (χ4n) is 1.10. The lowest BCUT2D eigenvalue weighted by molar-refractivity contribution is -0.139. The van der Waals surface area contributed by atoms with Crippen molar-refractivity contribution in [1.29, 1.82) is 5.26 Å². The number of phenols is 1. The quantitative estimate of drug-likeness (QED) is 0.831. The third-order valence-electron chi connectivity index (χ3n) is 1.82. The van der Waals surface area contributed by atoms with Crippen LogP contribution < -0.4 is 0 Å². The number of carbonyl (C=O) groups excluding carboxylic acids is 1. The second-order valence-electron chi connectivity index (χ2n) is 2.84. The third-order valence-corrected chi connectivity index (χ3v) is 2.44. The van der Waals surface area contributed by atoms with Crippen molar-refractivity contribution in [2.45, 2.75) is 6.42 Å². The maximum atomic E-state index is 11.0. The molecule has 0 saturated carbocycles. The zero-order chi connectivity index (χ0) is 11.4. The van der Waals surface area contributed by atoms with Gasteiger partial charge in [0.05, 0.1) is 13.5 Å². The Hall–Kier alpha value is -1.54. The number of rotatable bonds is 2. The van der Waals surface area contributed by atoms with Gasteiger partial charge in [-0.3, -0.25) is 4.79 Å². The lowest BCUT2D eigenvalue weighted by Crippen LogP contribution is -2.04. The Morgan fingerprint density at radius 1 is 1.67 bits per heavy atom. The summed E-state index contributed by atoms with van der Waals surface area (Å²) in [5.74, 6) is -0.545. The maximum absolute atomic E-state index is 11.0. The number of methoxy groups -OCH3 is 1. The molecule has 1 aromatic carbocycles. The van der Waals surface area contributed by atoms with Gasteiger partial charge in [0.1, 0.15) is 17.4 Å². The Bertz CT molecular complexity index is 414. The van der Waals surface area contributed by atoms with Gasteiger partial charge in [-0.05, 0) is 33.6 Å². The van der Waals surface area contributed by atoms with Crippen LogP contribution in [-0.4, -0.2) is 18.2 Å². The monoisotopic (exact) mass is 269 g/mol. The maximum Gasteiger partial charge on any atom is 0.309 e. The summed E-state index contributed by atoms with van der Waals surface area (Å²) in [6.07, 6.45) is 0.0639. The van der Waals surface area contributed by atoms with Gasteiger partial charge in [-0.15, -0.1) is 0 Å². The zero-order valence-corrected chi connectivity index (χ0v) is 9.54. The molecule has 0 spiro atoms. The van der Waals surface area contributed by atoms with E-state index in [1.165, 1.54) is 13.2 Å². The summed E-state index contributed by atoms with van der Waals surface area (Å²) in [5, 5.41) is 18.1. The summed E-state index contributed by atoms with van der Waals surface area (Å²) in [5.41, 5.74) is 0.744. The number of nitriles is 1. The van der Waals surface area contributed by atoms with E-state index in [1.807, 2.05) is 6.07 Å². The van der Waals surface area contributed by atoms with Crippen molar-refractivity contribution in [1.82, 2.24) is 0 Å². The van der Waals surface area contributed by atoms with Crippen molar-refractivity contribution in [2.24, 2.45) is 0 Å². The second kappa shape index (κ2) is 4.80. The molecular weight excluding hydrogens is 262 g/mol. The Morgan fingerprint density at radius 2 is 2.33 bits per heavy atom. The molecule has 5 heteroatoms. The molecule has 0 amide bonds. The van der Waals surface area contributed by atoms with Crippen LogP contribution in [-0.2, 0) is 16.0 Å². The molecule has 0 fully saturated rings. The van der Waals surface area contributed by atoms with E-state index in [0.717, 1.165) is 0 Å². The van der Waals surface area contributed by atoms with E-state index >= 15 is 0 Å². The minimum Gasteiger partial charge on any atom is -0.507 e. The lowest BCUT2D eigenvalue weighted by Gasteiger charge is -2.04. The molecule has 0 aromatic heterocycles. The van der Waals surface area contributed by atoms with Crippen LogP contribution in [0.3, 0.4) is 0 Å². The van der Waals surface area contributed by atoms with E-state index in [4.69, 9.17) is 5.26 Å². The number of phenolic OH excluding ortho intramolecular Hbond substituents is 1. The molecule has 0 atom stereocenters. The average Bonchev–Trinajstić information content (AvgIpc) is 2.17. The standard InChI is InChI=1S/C10H8BrNO3/c1-15-10(14)4-6-2-8(11)7(5-12)9(13)3-6/h2-3,13H,4H2,1H3. The molecule has 0 saturated heterocycles. The Morgan fingerprint density at radius 3 is 2.80 bits per heavy atom. The van der Waals surface area contributed by atoms with Gasteiger partial charge in [-0.25, -0.2) is 0 Å². The first-order chi connectivity index (χ1) is 7.08. The van der Waals surface area contributed by atoms with Crippen LogP contribution in [0.25, 0.3) is 0 Å². The zero-order valence-electron chi connectivity index (χ0n) is 7.95. The first-order valence-corrected chi connectivity index (χ1v) is 4.86. The number of esters is 1. The van der Waals surface area contributed by atoms with Gasteiger partial charge < -0.3 is 9.84 Å². The molecule has 78 valence electrons. The smallest absolute Gasteiger partial charge is 0.309 e. The third kappa shape index (κ3) is 2.70. The molecule has 0 aliphatic carbocycles. The molecular formula is C10H8BrNO3. The SMILES string of the molecule is COC(=O)Cc1cc(O)c(C#N)c(Br)c1. The summed E-state index contributed by atoms with van der Waals surface area (Å²) in [6.45, 7) is 0. The van der Waals surface area contributed by atoms with E-state index in [0.29, 0.717) is 10.0 Å². The van der Waals surface area contributed by atoms with E-state index in [-0.39, 0.29) is 17.7 Å². The second-order valence-corrected chi connectivity index (χ2v) is 3.69. The van der Waals surface area contributed by atoms with Gasteiger partial charge in [-0.1, -0.05) is 0 Å². The number of hydrogen-bond acceptors (Lipinski definition) is 4. The normalized spacial score (nSPS) is 9.40. The van der Waals surface area contributed by atoms with Crippen LogP contribution in [0.1, 0.15) is 11.1 Å². The Labute approximate surface area is 95.2 Å².